The fraction of sp³-hybridized carbons (Fsp3) is 0.429. The first kappa shape index (κ1) is 14.1. The Hall–Kier alpha value is -1.30. The Labute approximate surface area is 117 Å². The molecule has 0 saturated carbocycles. The van der Waals surface area contributed by atoms with Gasteiger partial charge in [0.05, 0.1) is 12.3 Å². The molecule has 2 aromatic rings. The van der Waals surface area contributed by atoms with Crippen molar-refractivity contribution in [2.24, 2.45) is 0 Å². The van der Waals surface area contributed by atoms with Crippen LogP contribution in [0.5, 0.6) is 0 Å². The van der Waals surface area contributed by atoms with Crippen LogP contribution in [0.25, 0.3) is 11.4 Å². The maximum absolute atomic E-state index is 5.01. The largest absolute Gasteiger partial charge is 0.383 e. The summed E-state index contributed by atoms with van der Waals surface area (Å²) in [5.41, 5.74) is 4.38. The molecule has 0 unspecified atom stereocenters. The number of hydrogen-bond donors (Lipinski definition) is 1. The average molecular weight is 277 g/mol. The number of aromatic nitrogens is 2. The molecule has 2 heterocycles. The summed E-state index contributed by atoms with van der Waals surface area (Å²) in [6.07, 6.45) is 0. The molecule has 0 fully saturated rings. The SMILES string of the molecule is COCCNCc1cc(C)nc(-c2cscc2C)n1. The van der Waals surface area contributed by atoms with Gasteiger partial charge in [-0.3, -0.25) is 0 Å². The summed E-state index contributed by atoms with van der Waals surface area (Å²) in [4.78, 5) is 9.15. The summed E-state index contributed by atoms with van der Waals surface area (Å²) in [7, 11) is 1.70. The van der Waals surface area contributed by atoms with Crippen molar-refractivity contribution in [1.29, 1.82) is 0 Å². The van der Waals surface area contributed by atoms with E-state index in [4.69, 9.17) is 4.74 Å². The minimum atomic E-state index is 0.709. The second kappa shape index (κ2) is 6.75. The molecule has 4 nitrogen and oxygen atoms in total. The number of nitrogens with one attached hydrogen (secondary N) is 1. The van der Waals surface area contributed by atoms with E-state index in [9.17, 15) is 0 Å². The quantitative estimate of drug-likeness (QED) is 0.824. The van der Waals surface area contributed by atoms with Gasteiger partial charge in [-0.25, -0.2) is 9.97 Å². The van der Waals surface area contributed by atoms with Gasteiger partial charge in [-0.2, -0.15) is 11.3 Å². The lowest BCUT2D eigenvalue weighted by molar-refractivity contribution is 0.199. The molecule has 1 N–H and O–H groups in total. The van der Waals surface area contributed by atoms with E-state index in [0.717, 1.165) is 35.9 Å². The average Bonchev–Trinajstić information content (AvgIpc) is 2.80. The summed E-state index contributed by atoms with van der Waals surface area (Å²) >= 11 is 1.69. The van der Waals surface area contributed by atoms with Gasteiger partial charge in [0.2, 0.25) is 0 Å². The molecular formula is C14H19N3OS. The maximum atomic E-state index is 5.01. The number of rotatable bonds is 6. The molecule has 0 atom stereocenters. The van der Waals surface area contributed by atoms with Crippen LogP contribution < -0.4 is 5.32 Å². The molecule has 2 aromatic heterocycles. The molecule has 0 amide bonds. The van der Waals surface area contributed by atoms with Crippen LogP contribution in [-0.2, 0) is 11.3 Å². The van der Waals surface area contributed by atoms with E-state index in [1.54, 1.807) is 18.4 Å². The second-order valence-corrected chi connectivity index (χ2v) is 5.21. The Kier molecular flexibility index (Phi) is 5.01. The molecular weight excluding hydrogens is 258 g/mol. The molecule has 0 saturated heterocycles. The van der Waals surface area contributed by atoms with Crippen molar-refractivity contribution in [3.8, 4) is 11.4 Å². The van der Waals surface area contributed by atoms with Crippen LogP contribution in [0.1, 0.15) is 17.0 Å². The molecule has 102 valence electrons. The highest BCUT2D eigenvalue weighted by Gasteiger charge is 2.08. The van der Waals surface area contributed by atoms with Gasteiger partial charge in [0.1, 0.15) is 0 Å². The molecule has 0 aliphatic carbocycles. The number of methoxy groups -OCH3 is 1. The number of hydrogen-bond acceptors (Lipinski definition) is 5. The Morgan fingerprint density at radius 3 is 2.79 bits per heavy atom. The lowest BCUT2D eigenvalue weighted by Crippen LogP contribution is -2.19. The molecule has 0 aromatic carbocycles. The molecule has 0 spiro atoms. The van der Waals surface area contributed by atoms with Crippen LogP contribution in [0.15, 0.2) is 16.8 Å². The van der Waals surface area contributed by atoms with Crippen LogP contribution in [-0.4, -0.2) is 30.2 Å². The highest BCUT2D eigenvalue weighted by Crippen LogP contribution is 2.24. The van der Waals surface area contributed by atoms with Gasteiger partial charge in [-0.15, -0.1) is 0 Å². The van der Waals surface area contributed by atoms with E-state index < -0.39 is 0 Å². The van der Waals surface area contributed by atoms with Crippen LogP contribution in [0, 0.1) is 13.8 Å². The Bertz CT molecular complexity index is 539. The van der Waals surface area contributed by atoms with Gasteiger partial charge in [0, 0.05) is 36.8 Å². The highest BCUT2D eigenvalue weighted by molar-refractivity contribution is 7.08. The van der Waals surface area contributed by atoms with E-state index in [1.165, 1.54) is 5.56 Å². The summed E-state index contributed by atoms with van der Waals surface area (Å²) < 4.78 is 5.01. The highest BCUT2D eigenvalue weighted by atomic mass is 32.1. The summed E-state index contributed by atoms with van der Waals surface area (Å²) in [6, 6.07) is 2.02. The second-order valence-electron chi connectivity index (χ2n) is 4.46. The normalized spacial score (nSPS) is 10.9. The number of nitrogens with zero attached hydrogens (tertiary/aromatic N) is 2. The Morgan fingerprint density at radius 1 is 1.26 bits per heavy atom. The number of thiophene rings is 1. The van der Waals surface area contributed by atoms with Crippen molar-refractivity contribution in [3.63, 3.8) is 0 Å². The van der Waals surface area contributed by atoms with Crippen molar-refractivity contribution < 1.29 is 4.74 Å². The maximum Gasteiger partial charge on any atom is 0.160 e. The minimum Gasteiger partial charge on any atom is -0.383 e. The van der Waals surface area contributed by atoms with E-state index in [0.29, 0.717) is 6.61 Å². The van der Waals surface area contributed by atoms with E-state index in [1.807, 2.05) is 13.0 Å². The third-order valence-corrected chi connectivity index (χ3v) is 3.65. The lowest BCUT2D eigenvalue weighted by atomic mass is 10.2. The molecule has 0 radical (unpaired) electrons. The van der Waals surface area contributed by atoms with Gasteiger partial charge < -0.3 is 10.1 Å². The predicted octanol–water partition coefficient (Wildman–Crippen LogP) is 2.56. The van der Waals surface area contributed by atoms with Crippen molar-refractivity contribution in [3.05, 3.63) is 33.8 Å². The third kappa shape index (κ3) is 3.83. The van der Waals surface area contributed by atoms with Crippen molar-refractivity contribution >= 4 is 11.3 Å². The van der Waals surface area contributed by atoms with E-state index in [2.05, 4.69) is 33.0 Å². The van der Waals surface area contributed by atoms with Gasteiger partial charge in [0.15, 0.2) is 5.82 Å². The smallest absolute Gasteiger partial charge is 0.160 e. The zero-order valence-electron chi connectivity index (χ0n) is 11.6. The van der Waals surface area contributed by atoms with Gasteiger partial charge >= 0.3 is 0 Å². The van der Waals surface area contributed by atoms with Crippen LogP contribution in [0.3, 0.4) is 0 Å². The fourth-order valence-corrected chi connectivity index (χ4v) is 2.65. The monoisotopic (exact) mass is 277 g/mol. The Morgan fingerprint density at radius 2 is 2.11 bits per heavy atom. The molecule has 2 rings (SSSR count). The number of ether oxygens (including phenoxy) is 1. The van der Waals surface area contributed by atoms with Gasteiger partial charge in [0.25, 0.3) is 0 Å². The van der Waals surface area contributed by atoms with Crippen molar-refractivity contribution in [2.45, 2.75) is 20.4 Å². The summed E-state index contributed by atoms with van der Waals surface area (Å²) in [5, 5.41) is 7.53. The third-order valence-electron chi connectivity index (χ3n) is 2.79. The van der Waals surface area contributed by atoms with Gasteiger partial charge in [-0.1, -0.05) is 0 Å². The van der Waals surface area contributed by atoms with E-state index >= 15 is 0 Å². The zero-order valence-corrected chi connectivity index (χ0v) is 12.4. The summed E-state index contributed by atoms with van der Waals surface area (Å²) in [5.74, 6) is 0.822. The van der Waals surface area contributed by atoms with Crippen molar-refractivity contribution in [1.82, 2.24) is 15.3 Å². The first-order valence-corrected chi connectivity index (χ1v) is 7.22. The predicted molar refractivity (Wildman–Crippen MR) is 78.4 cm³/mol. The van der Waals surface area contributed by atoms with Crippen LogP contribution in [0.4, 0.5) is 0 Å². The van der Waals surface area contributed by atoms with Crippen molar-refractivity contribution in [2.75, 3.05) is 20.3 Å². The first-order chi connectivity index (χ1) is 9.20. The molecule has 5 heteroatoms. The minimum absolute atomic E-state index is 0.709. The fourth-order valence-electron chi connectivity index (χ4n) is 1.83. The zero-order chi connectivity index (χ0) is 13.7. The summed E-state index contributed by atoms with van der Waals surface area (Å²) in [6.45, 7) is 6.37. The van der Waals surface area contributed by atoms with Crippen LogP contribution >= 0.6 is 11.3 Å². The first-order valence-electron chi connectivity index (χ1n) is 6.28. The van der Waals surface area contributed by atoms with E-state index in [-0.39, 0.29) is 0 Å². The van der Waals surface area contributed by atoms with Crippen LogP contribution in [0.2, 0.25) is 0 Å². The molecule has 0 aliphatic heterocycles. The molecule has 0 aliphatic rings. The Balaban J connectivity index is 2.13. The number of aryl methyl sites for hydroxylation is 2. The topological polar surface area (TPSA) is 47.0 Å². The van der Waals surface area contributed by atoms with Gasteiger partial charge in [-0.05, 0) is 30.9 Å². The molecule has 19 heavy (non-hydrogen) atoms. The standard InChI is InChI=1S/C14H19N3OS/c1-10-8-19-9-13(10)14-16-11(2)6-12(17-14)7-15-4-5-18-3/h6,8-9,15H,4-5,7H2,1-3H3. The molecule has 0 bridgehead atoms. The lowest BCUT2D eigenvalue weighted by Gasteiger charge is -2.07.